The molecule has 2 N–H and O–H groups in total. The number of carbonyl (C=O) groups is 2. The number of aliphatic carboxylic acids is 1. The molecule has 0 aromatic heterocycles. The Morgan fingerprint density at radius 3 is 2.87 bits per heavy atom. The summed E-state index contributed by atoms with van der Waals surface area (Å²) in [6.07, 6.45) is 2.77. The molecule has 1 aromatic carbocycles. The van der Waals surface area contributed by atoms with E-state index in [1.54, 1.807) is 18.2 Å². The summed E-state index contributed by atoms with van der Waals surface area (Å²) in [7, 11) is 0. The van der Waals surface area contributed by atoms with Crippen molar-refractivity contribution in [1.82, 2.24) is 4.90 Å². The zero-order valence-corrected chi connectivity index (χ0v) is 13.7. The number of nitrogens with zero attached hydrogens (tertiary/aromatic N) is 1. The van der Waals surface area contributed by atoms with Crippen molar-refractivity contribution in [1.29, 1.82) is 0 Å². The molecule has 0 spiro atoms. The van der Waals surface area contributed by atoms with E-state index in [9.17, 15) is 19.1 Å². The van der Waals surface area contributed by atoms with Gasteiger partial charge >= 0.3 is 5.97 Å². The molecule has 1 aromatic rings. The monoisotopic (exact) mass is 380 g/mol. The van der Waals surface area contributed by atoms with Crippen molar-refractivity contribution in [2.24, 2.45) is 0 Å². The number of benzene rings is 1. The van der Waals surface area contributed by atoms with E-state index in [-0.39, 0.29) is 23.6 Å². The number of carboxylic acids is 1. The van der Waals surface area contributed by atoms with Gasteiger partial charge in [0.2, 0.25) is 5.91 Å². The van der Waals surface area contributed by atoms with Gasteiger partial charge in [0.25, 0.3) is 0 Å². The highest BCUT2D eigenvalue weighted by molar-refractivity contribution is 9.10. The molecule has 0 saturated heterocycles. The van der Waals surface area contributed by atoms with Gasteiger partial charge in [0.05, 0.1) is 23.4 Å². The summed E-state index contributed by atoms with van der Waals surface area (Å²) in [5.74, 6) is -1.66. The predicted octanol–water partition coefficient (Wildman–Crippen LogP) is 3.25. The summed E-state index contributed by atoms with van der Waals surface area (Å²) in [6, 6.07) is 4.57. The van der Waals surface area contributed by atoms with Crippen LogP contribution in [0, 0.1) is 5.82 Å². The standard InChI is InChI=1S/C16H14BrFN2O3/c17-9-3-4-13(12(18)6-9)19-10-7-14-11(16(22)23)2-1-5-20(14)15(21)8-10/h3-4,6-7,19H,1-2,5,8H2,(H,22,23). The average Bonchev–Trinajstić information content (AvgIpc) is 2.49. The van der Waals surface area contributed by atoms with Crippen molar-refractivity contribution in [3.8, 4) is 0 Å². The zero-order chi connectivity index (χ0) is 16.6. The van der Waals surface area contributed by atoms with E-state index in [0.717, 1.165) is 0 Å². The molecular formula is C16H14BrFN2O3. The fourth-order valence-corrected chi connectivity index (χ4v) is 3.12. The van der Waals surface area contributed by atoms with Gasteiger partial charge in [0, 0.05) is 16.7 Å². The normalized spacial score (nSPS) is 17.7. The van der Waals surface area contributed by atoms with Gasteiger partial charge in [-0.05, 0) is 37.1 Å². The van der Waals surface area contributed by atoms with Crippen molar-refractivity contribution >= 4 is 33.5 Å². The fourth-order valence-electron chi connectivity index (χ4n) is 2.78. The van der Waals surface area contributed by atoms with Crippen LogP contribution in [-0.2, 0) is 9.59 Å². The number of nitrogens with one attached hydrogen (secondary N) is 1. The van der Waals surface area contributed by atoms with Crippen molar-refractivity contribution < 1.29 is 19.1 Å². The molecule has 2 aliphatic heterocycles. The Morgan fingerprint density at radius 2 is 2.17 bits per heavy atom. The number of carbonyl (C=O) groups excluding carboxylic acids is 1. The Morgan fingerprint density at radius 1 is 1.39 bits per heavy atom. The van der Waals surface area contributed by atoms with Crippen molar-refractivity contribution in [2.75, 3.05) is 11.9 Å². The number of hydrogen-bond acceptors (Lipinski definition) is 3. The number of rotatable bonds is 3. The van der Waals surface area contributed by atoms with Gasteiger partial charge in [-0.15, -0.1) is 0 Å². The summed E-state index contributed by atoms with van der Waals surface area (Å²) in [5, 5.41) is 12.2. The third-order valence-corrected chi connectivity index (χ3v) is 4.34. The molecule has 0 radical (unpaired) electrons. The van der Waals surface area contributed by atoms with Crippen LogP contribution in [0.3, 0.4) is 0 Å². The van der Waals surface area contributed by atoms with Gasteiger partial charge in [0.1, 0.15) is 5.82 Å². The molecule has 2 heterocycles. The number of fused-ring (bicyclic) bond motifs is 1. The molecule has 0 aliphatic carbocycles. The van der Waals surface area contributed by atoms with E-state index in [1.807, 2.05) is 0 Å². The lowest BCUT2D eigenvalue weighted by atomic mass is 9.97. The minimum absolute atomic E-state index is 0.0892. The van der Waals surface area contributed by atoms with Gasteiger partial charge in [-0.2, -0.15) is 0 Å². The minimum Gasteiger partial charge on any atom is -0.478 e. The van der Waals surface area contributed by atoms with Crippen molar-refractivity contribution in [3.63, 3.8) is 0 Å². The Balaban J connectivity index is 1.96. The maximum Gasteiger partial charge on any atom is 0.333 e. The maximum atomic E-state index is 13.9. The summed E-state index contributed by atoms with van der Waals surface area (Å²) in [6.45, 7) is 0.515. The SMILES string of the molecule is O=C(O)C1=C2C=C(Nc3ccc(Br)cc3F)CC(=O)N2CCC1. The Kier molecular flexibility index (Phi) is 4.21. The van der Waals surface area contributed by atoms with E-state index in [1.165, 1.54) is 11.0 Å². The minimum atomic E-state index is -1.02. The smallest absolute Gasteiger partial charge is 0.333 e. The summed E-state index contributed by atoms with van der Waals surface area (Å²) in [5.41, 5.74) is 1.36. The second-order valence-electron chi connectivity index (χ2n) is 5.41. The molecule has 0 bridgehead atoms. The van der Waals surface area contributed by atoms with Crippen LogP contribution in [-0.4, -0.2) is 28.4 Å². The molecule has 3 rings (SSSR count). The molecule has 0 saturated carbocycles. The number of amides is 1. The Bertz CT molecular complexity index is 758. The van der Waals surface area contributed by atoms with Crippen LogP contribution in [0.2, 0.25) is 0 Å². The van der Waals surface area contributed by atoms with Crippen LogP contribution in [0.1, 0.15) is 19.3 Å². The summed E-state index contributed by atoms with van der Waals surface area (Å²) in [4.78, 5) is 25.1. The first-order chi connectivity index (χ1) is 11.0. The van der Waals surface area contributed by atoms with Crippen molar-refractivity contribution in [2.45, 2.75) is 19.3 Å². The number of allylic oxidation sites excluding steroid dienone is 1. The van der Waals surface area contributed by atoms with E-state index >= 15 is 0 Å². The van der Waals surface area contributed by atoms with Gasteiger partial charge < -0.3 is 15.3 Å². The van der Waals surface area contributed by atoms with Crippen LogP contribution in [0.5, 0.6) is 0 Å². The molecule has 120 valence electrons. The van der Waals surface area contributed by atoms with Crippen LogP contribution in [0.4, 0.5) is 10.1 Å². The Labute approximate surface area is 140 Å². The molecule has 0 atom stereocenters. The predicted molar refractivity (Wildman–Crippen MR) is 86.0 cm³/mol. The van der Waals surface area contributed by atoms with Crippen LogP contribution in [0.15, 0.2) is 45.7 Å². The van der Waals surface area contributed by atoms with Gasteiger partial charge in [-0.25, -0.2) is 9.18 Å². The molecule has 5 nitrogen and oxygen atoms in total. The number of halogens is 2. The average molecular weight is 381 g/mol. The molecule has 1 amide bonds. The van der Waals surface area contributed by atoms with Crippen LogP contribution < -0.4 is 5.32 Å². The summed E-state index contributed by atoms with van der Waals surface area (Å²) >= 11 is 3.18. The molecule has 0 unspecified atom stereocenters. The third kappa shape index (κ3) is 3.14. The molecular weight excluding hydrogens is 367 g/mol. The lowest BCUT2D eigenvalue weighted by molar-refractivity contribution is -0.133. The summed E-state index contributed by atoms with van der Waals surface area (Å²) < 4.78 is 14.5. The topological polar surface area (TPSA) is 69.6 Å². The molecule has 0 fully saturated rings. The van der Waals surface area contributed by atoms with Crippen LogP contribution in [0.25, 0.3) is 0 Å². The lowest BCUT2D eigenvalue weighted by Gasteiger charge is -2.33. The first kappa shape index (κ1) is 15.7. The first-order valence-electron chi connectivity index (χ1n) is 7.15. The highest BCUT2D eigenvalue weighted by atomic mass is 79.9. The largest absolute Gasteiger partial charge is 0.478 e. The maximum absolute atomic E-state index is 13.9. The highest BCUT2D eigenvalue weighted by Gasteiger charge is 2.31. The number of anilines is 1. The Hall–Kier alpha value is -2.15. The number of carboxylic acid groups (broad SMARTS) is 1. The first-order valence-corrected chi connectivity index (χ1v) is 7.94. The highest BCUT2D eigenvalue weighted by Crippen LogP contribution is 2.31. The molecule has 2 aliphatic rings. The fraction of sp³-hybridized carbons (Fsp3) is 0.250. The van der Waals surface area contributed by atoms with E-state index in [4.69, 9.17) is 0 Å². The number of hydrogen-bond donors (Lipinski definition) is 2. The van der Waals surface area contributed by atoms with E-state index < -0.39 is 11.8 Å². The molecule has 23 heavy (non-hydrogen) atoms. The van der Waals surface area contributed by atoms with Crippen molar-refractivity contribution in [3.05, 3.63) is 51.5 Å². The van der Waals surface area contributed by atoms with Gasteiger partial charge in [-0.1, -0.05) is 15.9 Å². The van der Waals surface area contributed by atoms with Gasteiger partial charge in [0.15, 0.2) is 0 Å². The quantitative estimate of drug-likeness (QED) is 0.844. The second-order valence-corrected chi connectivity index (χ2v) is 6.33. The van der Waals surface area contributed by atoms with E-state index in [2.05, 4.69) is 21.2 Å². The third-order valence-electron chi connectivity index (χ3n) is 3.85. The van der Waals surface area contributed by atoms with E-state index in [0.29, 0.717) is 35.3 Å². The zero-order valence-electron chi connectivity index (χ0n) is 12.1. The molecule has 7 heteroatoms. The second kappa shape index (κ2) is 6.16. The van der Waals surface area contributed by atoms with Gasteiger partial charge in [-0.3, -0.25) is 4.79 Å². The lowest BCUT2D eigenvalue weighted by Crippen LogP contribution is -2.38. The van der Waals surface area contributed by atoms with Crippen LogP contribution >= 0.6 is 15.9 Å².